The van der Waals surface area contributed by atoms with E-state index in [1.807, 2.05) is 20.8 Å². The van der Waals surface area contributed by atoms with Crippen LogP contribution in [0.25, 0.3) is 0 Å². The van der Waals surface area contributed by atoms with Crippen LogP contribution in [0.4, 0.5) is 8.78 Å². The first-order valence-corrected chi connectivity index (χ1v) is 10.5. The molecule has 0 aromatic heterocycles. The van der Waals surface area contributed by atoms with Gasteiger partial charge in [-0.1, -0.05) is 29.4 Å². The molecule has 1 aliphatic heterocycles. The molecular weight excluding hydrogens is 402 g/mol. The number of rotatable bonds is 9. The lowest BCUT2D eigenvalue weighted by atomic mass is 10.0. The van der Waals surface area contributed by atoms with Gasteiger partial charge in [0.2, 0.25) is 0 Å². The first-order chi connectivity index (χ1) is 14.7. The number of oxime groups is 1. The quantitative estimate of drug-likeness (QED) is 0.647. The Balaban J connectivity index is 1.62. The maximum atomic E-state index is 13.3. The van der Waals surface area contributed by atoms with Crippen LogP contribution in [0.3, 0.4) is 0 Å². The first kappa shape index (κ1) is 23.3. The van der Waals surface area contributed by atoms with E-state index in [0.717, 1.165) is 16.8 Å². The fourth-order valence-corrected chi connectivity index (χ4v) is 3.38. The van der Waals surface area contributed by atoms with E-state index < -0.39 is 6.10 Å². The molecule has 0 aliphatic carbocycles. The third-order valence-corrected chi connectivity index (χ3v) is 4.87. The number of benzene rings is 2. The lowest BCUT2D eigenvalue weighted by molar-refractivity contribution is -0.0600. The number of aliphatic hydroxyl groups excluding tert-OH is 1. The number of aliphatic hydroxyl groups is 1. The van der Waals surface area contributed by atoms with Crippen LogP contribution in [0, 0.1) is 11.6 Å². The van der Waals surface area contributed by atoms with Gasteiger partial charge in [0.1, 0.15) is 17.7 Å². The van der Waals surface area contributed by atoms with Crippen molar-refractivity contribution in [1.29, 1.82) is 0 Å². The molecule has 0 spiro atoms. The minimum absolute atomic E-state index is 0.198. The Bertz CT molecular complexity index is 864. The SMILES string of the molecule is CC(C)(C)OC[C@H](O)CN(Cc1ccc(F)cc1)C[C@H]1CC(c2ccc(F)cc2)=NO1. The summed E-state index contributed by atoms with van der Waals surface area (Å²) in [6.45, 7) is 7.46. The monoisotopic (exact) mass is 432 g/mol. The topological polar surface area (TPSA) is 54.3 Å². The Kier molecular flexibility index (Phi) is 7.75. The molecule has 0 amide bonds. The Morgan fingerprint density at radius 2 is 1.71 bits per heavy atom. The van der Waals surface area contributed by atoms with Crippen LogP contribution in [-0.4, -0.2) is 53.2 Å². The highest BCUT2D eigenvalue weighted by Crippen LogP contribution is 2.19. The molecule has 0 bridgehead atoms. The molecular formula is C24H30F2N2O3. The Hall–Kier alpha value is -2.35. The van der Waals surface area contributed by atoms with Crippen LogP contribution in [-0.2, 0) is 16.1 Å². The lowest BCUT2D eigenvalue weighted by Crippen LogP contribution is -2.40. The molecule has 168 valence electrons. The van der Waals surface area contributed by atoms with Crippen molar-refractivity contribution in [2.24, 2.45) is 5.16 Å². The van der Waals surface area contributed by atoms with E-state index in [2.05, 4.69) is 10.1 Å². The predicted molar refractivity (Wildman–Crippen MR) is 116 cm³/mol. The van der Waals surface area contributed by atoms with Crippen LogP contribution < -0.4 is 0 Å². The molecule has 31 heavy (non-hydrogen) atoms. The predicted octanol–water partition coefficient (Wildman–Crippen LogP) is 4.14. The van der Waals surface area contributed by atoms with E-state index in [-0.39, 0.29) is 29.9 Å². The molecule has 7 heteroatoms. The summed E-state index contributed by atoms with van der Waals surface area (Å²) in [5, 5.41) is 14.7. The van der Waals surface area contributed by atoms with Crippen LogP contribution in [0.1, 0.15) is 38.3 Å². The summed E-state index contributed by atoms with van der Waals surface area (Å²) in [5.41, 5.74) is 2.19. The van der Waals surface area contributed by atoms with Crippen molar-refractivity contribution in [3.8, 4) is 0 Å². The Morgan fingerprint density at radius 1 is 1.10 bits per heavy atom. The van der Waals surface area contributed by atoms with Gasteiger partial charge in [-0.3, -0.25) is 4.90 Å². The van der Waals surface area contributed by atoms with Crippen LogP contribution in [0.15, 0.2) is 53.7 Å². The third kappa shape index (κ3) is 7.69. The molecule has 1 heterocycles. The van der Waals surface area contributed by atoms with Gasteiger partial charge in [0.15, 0.2) is 0 Å². The van der Waals surface area contributed by atoms with Gasteiger partial charge in [-0.2, -0.15) is 0 Å². The molecule has 2 atom stereocenters. The number of ether oxygens (including phenoxy) is 1. The maximum absolute atomic E-state index is 13.3. The van der Waals surface area contributed by atoms with Crippen molar-refractivity contribution in [2.45, 2.75) is 51.5 Å². The lowest BCUT2D eigenvalue weighted by Gasteiger charge is -2.28. The molecule has 5 nitrogen and oxygen atoms in total. The Labute approximate surface area is 182 Å². The highest BCUT2D eigenvalue weighted by atomic mass is 19.1. The van der Waals surface area contributed by atoms with Gasteiger partial charge < -0.3 is 14.7 Å². The zero-order valence-electron chi connectivity index (χ0n) is 18.2. The average molecular weight is 433 g/mol. The van der Waals surface area contributed by atoms with Crippen LogP contribution >= 0.6 is 0 Å². The standard InChI is InChI=1S/C24H30F2N2O3/c1-24(2,3)30-16-21(29)14-28(13-17-4-8-19(25)9-5-17)15-22-12-23(27-31-22)18-6-10-20(26)11-7-18/h4-11,21-22,29H,12-16H2,1-3H3/t21-,22-/m1/s1. The number of hydrogen-bond donors (Lipinski definition) is 1. The molecule has 0 saturated heterocycles. The normalized spacial score (nSPS) is 17.5. The molecule has 2 aromatic rings. The minimum Gasteiger partial charge on any atom is -0.390 e. The number of nitrogens with zero attached hydrogens (tertiary/aromatic N) is 2. The smallest absolute Gasteiger partial charge is 0.145 e. The second-order valence-electron chi connectivity index (χ2n) is 8.87. The fraction of sp³-hybridized carbons (Fsp3) is 0.458. The van der Waals surface area contributed by atoms with Crippen LogP contribution in [0.2, 0.25) is 0 Å². The summed E-state index contributed by atoms with van der Waals surface area (Å²) in [4.78, 5) is 7.67. The van der Waals surface area contributed by atoms with Gasteiger partial charge in [0.25, 0.3) is 0 Å². The zero-order valence-corrected chi connectivity index (χ0v) is 18.2. The summed E-state index contributed by atoms with van der Waals surface area (Å²) < 4.78 is 32.2. The summed E-state index contributed by atoms with van der Waals surface area (Å²) in [5.74, 6) is -0.581. The number of hydrogen-bond acceptors (Lipinski definition) is 5. The van der Waals surface area contributed by atoms with Gasteiger partial charge >= 0.3 is 0 Å². The highest BCUT2D eigenvalue weighted by molar-refractivity contribution is 6.01. The molecule has 2 aromatic carbocycles. The van der Waals surface area contributed by atoms with Gasteiger partial charge in [-0.05, 0) is 56.2 Å². The average Bonchev–Trinajstić information content (AvgIpc) is 3.16. The molecule has 1 aliphatic rings. The van der Waals surface area contributed by atoms with Gasteiger partial charge in [-0.15, -0.1) is 0 Å². The van der Waals surface area contributed by atoms with E-state index in [0.29, 0.717) is 26.1 Å². The molecule has 0 unspecified atom stereocenters. The van der Waals surface area contributed by atoms with E-state index in [9.17, 15) is 13.9 Å². The van der Waals surface area contributed by atoms with E-state index in [4.69, 9.17) is 9.57 Å². The van der Waals surface area contributed by atoms with Crippen molar-refractivity contribution < 1.29 is 23.5 Å². The van der Waals surface area contributed by atoms with Crippen molar-refractivity contribution >= 4 is 5.71 Å². The third-order valence-electron chi connectivity index (χ3n) is 4.87. The molecule has 3 rings (SSSR count). The van der Waals surface area contributed by atoms with Gasteiger partial charge in [0.05, 0.1) is 24.0 Å². The van der Waals surface area contributed by atoms with E-state index >= 15 is 0 Å². The van der Waals surface area contributed by atoms with Crippen LogP contribution in [0.5, 0.6) is 0 Å². The summed E-state index contributed by atoms with van der Waals surface area (Å²) in [6.07, 6.45) is -0.296. The molecule has 0 fully saturated rings. The highest BCUT2D eigenvalue weighted by Gasteiger charge is 2.26. The minimum atomic E-state index is -0.682. The van der Waals surface area contributed by atoms with Gasteiger partial charge in [0, 0.05) is 26.1 Å². The first-order valence-electron chi connectivity index (χ1n) is 10.5. The largest absolute Gasteiger partial charge is 0.390 e. The van der Waals surface area contributed by atoms with Crippen molar-refractivity contribution in [1.82, 2.24) is 4.90 Å². The molecule has 0 saturated carbocycles. The fourth-order valence-electron chi connectivity index (χ4n) is 3.38. The van der Waals surface area contributed by atoms with Crippen molar-refractivity contribution in [3.63, 3.8) is 0 Å². The summed E-state index contributed by atoms with van der Waals surface area (Å²) >= 11 is 0. The summed E-state index contributed by atoms with van der Waals surface area (Å²) in [6, 6.07) is 12.5. The second-order valence-corrected chi connectivity index (χ2v) is 8.87. The second kappa shape index (κ2) is 10.3. The molecule has 1 N–H and O–H groups in total. The molecule has 0 radical (unpaired) electrons. The summed E-state index contributed by atoms with van der Waals surface area (Å²) in [7, 11) is 0. The maximum Gasteiger partial charge on any atom is 0.145 e. The van der Waals surface area contributed by atoms with E-state index in [1.54, 1.807) is 24.3 Å². The van der Waals surface area contributed by atoms with Crippen molar-refractivity contribution in [3.05, 3.63) is 71.3 Å². The van der Waals surface area contributed by atoms with E-state index in [1.165, 1.54) is 24.3 Å². The van der Waals surface area contributed by atoms with Crippen molar-refractivity contribution in [2.75, 3.05) is 19.7 Å². The van der Waals surface area contributed by atoms with Gasteiger partial charge in [-0.25, -0.2) is 8.78 Å². The zero-order chi connectivity index (χ0) is 22.4. The Morgan fingerprint density at radius 3 is 2.32 bits per heavy atom. The number of halogens is 2.